The minimum Gasteiger partial charge on any atom is -0.493 e. The van der Waals surface area contributed by atoms with E-state index in [-0.39, 0.29) is 11.9 Å². The van der Waals surface area contributed by atoms with Crippen LogP contribution in [0.5, 0.6) is 11.5 Å². The molecule has 0 bridgehead atoms. The van der Waals surface area contributed by atoms with Gasteiger partial charge in [0.05, 0.1) is 19.8 Å². The molecular formula is C18H25NO3. The summed E-state index contributed by atoms with van der Waals surface area (Å²) in [6.07, 6.45) is 0.993. The molecule has 0 aliphatic rings. The summed E-state index contributed by atoms with van der Waals surface area (Å²) in [5.74, 6) is 6.75. The second-order valence-electron chi connectivity index (χ2n) is 5.51. The maximum Gasteiger partial charge on any atom is 0.296 e. The molecule has 0 radical (unpaired) electrons. The number of hydrogen-bond acceptors (Lipinski definition) is 3. The molecule has 0 fully saturated rings. The van der Waals surface area contributed by atoms with Crippen LogP contribution in [-0.4, -0.2) is 19.6 Å². The molecule has 1 unspecified atom stereocenters. The highest BCUT2D eigenvalue weighted by Gasteiger charge is 2.12. The third-order valence-corrected chi connectivity index (χ3v) is 3.23. The van der Waals surface area contributed by atoms with Gasteiger partial charge in [-0.2, -0.15) is 0 Å². The molecule has 1 N–H and O–H groups in total. The van der Waals surface area contributed by atoms with Crippen molar-refractivity contribution in [1.29, 1.82) is 0 Å². The predicted octanol–water partition coefficient (Wildman–Crippen LogP) is 3.32. The molecule has 1 aromatic rings. The maximum atomic E-state index is 11.5. The zero-order chi connectivity index (χ0) is 16.5. The van der Waals surface area contributed by atoms with Crippen LogP contribution in [-0.2, 0) is 4.79 Å². The molecule has 0 spiro atoms. The molecule has 0 aliphatic carbocycles. The van der Waals surface area contributed by atoms with Crippen molar-refractivity contribution in [3.8, 4) is 23.3 Å². The van der Waals surface area contributed by atoms with Gasteiger partial charge < -0.3 is 14.8 Å². The van der Waals surface area contributed by atoms with Gasteiger partial charge in [0.25, 0.3) is 5.91 Å². The van der Waals surface area contributed by atoms with E-state index in [2.05, 4.69) is 31.0 Å². The Hall–Kier alpha value is -2.15. The zero-order valence-corrected chi connectivity index (χ0v) is 14.0. The van der Waals surface area contributed by atoms with Gasteiger partial charge in [-0.3, -0.25) is 4.79 Å². The van der Waals surface area contributed by atoms with Crippen LogP contribution in [0.4, 0.5) is 0 Å². The number of benzene rings is 1. The number of ether oxygens (including phenoxy) is 2. The maximum absolute atomic E-state index is 11.5. The van der Waals surface area contributed by atoms with Crippen molar-refractivity contribution < 1.29 is 14.3 Å². The fourth-order valence-electron chi connectivity index (χ4n) is 1.91. The Morgan fingerprint density at radius 3 is 2.59 bits per heavy atom. The molecule has 0 aliphatic heterocycles. The zero-order valence-electron chi connectivity index (χ0n) is 14.0. The van der Waals surface area contributed by atoms with E-state index in [1.165, 1.54) is 0 Å². The van der Waals surface area contributed by atoms with Gasteiger partial charge in [-0.1, -0.05) is 25.8 Å². The number of carbonyl (C=O) groups excluding carboxylic acids is 1. The number of hydrogen-bond donors (Lipinski definition) is 1. The predicted molar refractivity (Wildman–Crippen MR) is 88.0 cm³/mol. The minimum atomic E-state index is -0.286. The van der Waals surface area contributed by atoms with Crippen LogP contribution in [0.3, 0.4) is 0 Å². The fraction of sp³-hybridized carbons (Fsp3) is 0.500. The van der Waals surface area contributed by atoms with Gasteiger partial charge in [-0.15, -0.1) is 0 Å². The van der Waals surface area contributed by atoms with E-state index in [0.29, 0.717) is 18.3 Å². The Morgan fingerprint density at radius 2 is 2.00 bits per heavy atom. The molecule has 1 aromatic carbocycles. The molecule has 120 valence electrons. The lowest BCUT2D eigenvalue weighted by molar-refractivity contribution is -0.116. The monoisotopic (exact) mass is 303 g/mol. The van der Waals surface area contributed by atoms with Crippen molar-refractivity contribution in [1.82, 2.24) is 5.32 Å². The standard InChI is InChI=1S/C18H25NO3/c1-6-7-18(20)19-14(4)15-8-9-16(17(12-15)21-5)22-11-10-13(2)3/h8-9,12-14H,10-11H2,1-5H3,(H,19,20). The lowest BCUT2D eigenvalue weighted by atomic mass is 10.1. The van der Waals surface area contributed by atoms with Gasteiger partial charge in [0.2, 0.25) is 0 Å². The van der Waals surface area contributed by atoms with Crippen molar-refractivity contribution in [2.45, 2.75) is 40.2 Å². The van der Waals surface area contributed by atoms with Gasteiger partial charge in [0.15, 0.2) is 11.5 Å². The van der Waals surface area contributed by atoms with E-state index in [9.17, 15) is 4.79 Å². The smallest absolute Gasteiger partial charge is 0.296 e. The van der Waals surface area contributed by atoms with Gasteiger partial charge in [0.1, 0.15) is 0 Å². The third kappa shape index (κ3) is 5.69. The first-order valence-corrected chi connectivity index (χ1v) is 7.51. The Balaban J connectivity index is 2.78. The lowest BCUT2D eigenvalue weighted by Gasteiger charge is -2.16. The summed E-state index contributed by atoms with van der Waals surface area (Å²) in [7, 11) is 1.61. The normalized spacial score (nSPS) is 11.4. The Bertz CT molecular complexity index is 555. The number of amides is 1. The first kappa shape index (κ1) is 17.9. The summed E-state index contributed by atoms with van der Waals surface area (Å²) >= 11 is 0. The molecule has 0 heterocycles. The molecule has 22 heavy (non-hydrogen) atoms. The van der Waals surface area contributed by atoms with Gasteiger partial charge in [-0.05, 0) is 49.8 Å². The fourth-order valence-corrected chi connectivity index (χ4v) is 1.91. The molecule has 1 rings (SSSR count). The topological polar surface area (TPSA) is 47.6 Å². The van der Waals surface area contributed by atoms with Crippen molar-refractivity contribution in [2.75, 3.05) is 13.7 Å². The summed E-state index contributed by atoms with van der Waals surface area (Å²) in [6, 6.07) is 5.54. The second kappa shape index (κ2) is 8.99. The summed E-state index contributed by atoms with van der Waals surface area (Å²) in [5.41, 5.74) is 0.944. The number of nitrogens with one attached hydrogen (secondary N) is 1. The summed E-state index contributed by atoms with van der Waals surface area (Å²) in [5, 5.41) is 2.82. The van der Waals surface area contributed by atoms with E-state index >= 15 is 0 Å². The molecule has 1 atom stereocenters. The van der Waals surface area contributed by atoms with Crippen molar-refractivity contribution in [3.63, 3.8) is 0 Å². The average molecular weight is 303 g/mol. The minimum absolute atomic E-state index is 0.146. The van der Waals surface area contributed by atoms with Crippen LogP contribution in [0, 0.1) is 17.8 Å². The van der Waals surface area contributed by atoms with E-state index < -0.39 is 0 Å². The third-order valence-electron chi connectivity index (χ3n) is 3.23. The Morgan fingerprint density at radius 1 is 1.27 bits per heavy atom. The Labute approximate surface area is 133 Å². The summed E-state index contributed by atoms with van der Waals surface area (Å²) < 4.78 is 11.1. The van der Waals surface area contributed by atoms with Gasteiger partial charge in [-0.25, -0.2) is 0 Å². The van der Waals surface area contributed by atoms with E-state index in [4.69, 9.17) is 9.47 Å². The molecule has 4 nitrogen and oxygen atoms in total. The first-order chi connectivity index (χ1) is 10.5. The molecular weight excluding hydrogens is 278 g/mol. The molecule has 4 heteroatoms. The second-order valence-corrected chi connectivity index (χ2v) is 5.51. The van der Waals surface area contributed by atoms with Crippen LogP contribution in [0.2, 0.25) is 0 Å². The summed E-state index contributed by atoms with van der Waals surface area (Å²) in [6.45, 7) is 8.52. The van der Waals surface area contributed by atoms with Gasteiger partial charge >= 0.3 is 0 Å². The molecule has 0 saturated carbocycles. The highest BCUT2D eigenvalue weighted by Crippen LogP contribution is 2.30. The molecule has 0 aromatic heterocycles. The van der Waals surface area contributed by atoms with Crippen LogP contribution < -0.4 is 14.8 Å². The SMILES string of the molecule is CC#CC(=O)NC(C)c1ccc(OCCC(C)C)c(OC)c1. The quantitative estimate of drug-likeness (QED) is 0.786. The van der Waals surface area contributed by atoms with Crippen LogP contribution in [0.25, 0.3) is 0 Å². The number of rotatable bonds is 7. The van der Waals surface area contributed by atoms with Crippen LogP contribution in [0.1, 0.15) is 45.7 Å². The van der Waals surface area contributed by atoms with Crippen LogP contribution in [0.15, 0.2) is 18.2 Å². The van der Waals surface area contributed by atoms with Crippen molar-refractivity contribution in [2.24, 2.45) is 5.92 Å². The lowest BCUT2D eigenvalue weighted by Crippen LogP contribution is -2.25. The number of carbonyl (C=O) groups is 1. The largest absolute Gasteiger partial charge is 0.493 e. The highest BCUT2D eigenvalue weighted by atomic mass is 16.5. The summed E-state index contributed by atoms with van der Waals surface area (Å²) in [4.78, 5) is 11.5. The van der Waals surface area contributed by atoms with Crippen LogP contribution >= 0.6 is 0 Å². The Kier molecular flexibility index (Phi) is 7.31. The van der Waals surface area contributed by atoms with E-state index in [1.807, 2.05) is 25.1 Å². The molecule has 1 amide bonds. The highest BCUT2D eigenvalue weighted by molar-refractivity contribution is 5.93. The number of methoxy groups -OCH3 is 1. The van der Waals surface area contributed by atoms with Gasteiger partial charge in [0, 0.05) is 0 Å². The van der Waals surface area contributed by atoms with Crippen molar-refractivity contribution >= 4 is 5.91 Å². The van der Waals surface area contributed by atoms with E-state index in [1.54, 1.807) is 14.0 Å². The first-order valence-electron chi connectivity index (χ1n) is 7.51. The average Bonchev–Trinajstić information content (AvgIpc) is 2.47. The van der Waals surface area contributed by atoms with Crippen molar-refractivity contribution in [3.05, 3.63) is 23.8 Å². The molecule has 0 saturated heterocycles. The van der Waals surface area contributed by atoms with E-state index in [0.717, 1.165) is 17.7 Å².